The van der Waals surface area contributed by atoms with Crippen LogP contribution in [0.5, 0.6) is 11.5 Å². The number of rotatable bonds is 5. The van der Waals surface area contributed by atoms with Crippen LogP contribution in [0.3, 0.4) is 0 Å². The molecule has 0 bridgehead atoms. The highest BCUT2D eigenvalue weighted by molar-refractivity contribution is 5.94. The van der Waals surface area contributed by atoms with Crippen molar-refractivity contribution in [3.8, 4) is 22.8 Å². The maximum atomic E-state index is 13.5. The van der Waals surface area contributed by atoms with E-state index >= 15 is 0 Å². The molecule has 0 fully saturated rings. The zero-order valence-electron chi connectivity index (χ0n) is 19.6. The largest absolute Gasteiger partial charge is 0.486 e. The first kappa shape index (κ1) is 22.2. The van der Waals surface area contributed by atoms with E-state index in [1.165, 1.54) is 4.68 Å². The Morgan fingerprint density at radius 3 is 2.47 bits per heavy atom. The van der Waals surface area contributed by atoms with E-state index in [9.17, 15) is 9.59 Å². The predicted molar refractivity (Wildman–Crippen MR) is 131 cm³/mol. The summed E-state index contributed by atoms with van der Waals surface area (Å²) in [4.78, 5) is 26.8. The van der Waals surface area contributed by atoms with Crippen LogP contribution in [-0.2, 0) is 17.6 Å². The summed E-state index contributed by atoms with van der Waals surface area (Å²) in [6.45, 7) is 4.92. The smallest absolute Gasteiger partial charge is 0.271 e. The van der Waals surface area contributed by atoms with Crippen LogP contribution in [0, 0.1) is 6.92 Å². The van der Waals surface area contributed by atoms with E-state index in [2.05, 4.69) is 5.32 Å². The van der Waals surface area contributed by atoms with Gasteiger partial charge in [0.25, 0.3) is 5.56 Å². The molecule has 1 aliphatic carbocycles. The second kappa shape index (κ2) is 9.33. The lowest BCUT2D eigenvalue weighted by Crippen LogP contribution is -2.38. The SMILES string of the molecule is CC[C@@H](C(=O)Nc1ccc2c(c1)OCCO2)n1nc(-c2ccc(C)cc2)c2c(c1=O)CCCC2. The normalized spacial score (nSPS) is 15.4. The number of carbonyl (C=O) groups excluding carboxylic acids is 1. The fourth-order valence-electron chi connectivity index (χ4n) is 4.73. The molecule has 7 heteroatoms. The minimum absolute atomic E-state index is 0.158. The van der Waals surface area contributed by atoms with E-state index in [0.29, 0.717) is 36.8 Å². The number of anilines is 1. The Morgan fingerprint density at radius 1 is 1.03 bits per heavy atom. The summed E-state index contributed by atoms with van der Waals surface area (Å²) in [6, 6.07) is 12.8. The molecular weight excluding hydrogens is 430 g/mol. The molecule has 0 radical (unpaired) electrons. The third-order valence-corrected chi connectivity index (χ3v) is 6.55. The average Bonchev–Trinajstić information content (AvgIpc) is 2.86. The van der Waals surface area contributed by atoms with E-state index in [1.807, 2.05) is 38.1 Å². The molecule has 3 aromatic rings. The lowest BCUT2D eigenvalue weighted by atomic mass is 9.89. The fourth-order valence-corrected chi connectivity index (χ4v) is 4.73. The van der Waals surface area contributed by atoms with Crippen molar-refractivity contribution in [2.24, 2.45) is 0 Å². The van der Waals surface area contributed by atoms with Gasteiger partial charge in [0.2, 0.25) is 5.91 Å². The van der Waals surface area contributed by atoms with Crippen LogP contribution in [0.15, 0.2) is 47.3 Å². The molecule has 2 aromatic carbocycles. The second-order valence-corrected chi connectivity index (χ2v) is 8.90. The van der Waals surface area contributed by atoms with Gasteiger partial charge in [-0.3, -0.25) is 9.59 Å². The van der Waals surface area contributed by atoms with Crippen molar-refractivity contribution in [2.75, 3.05) is 18.5 Å². The molecule has 0 saturated carbocycles. The fraction of sp³-hybridized carbons (Fsp3) is 0.370. The first-order chi connectivity index (χ1) is 16.5. The molecule has 0 spiro atoms. The van der Waals surface area contributed by atoms with Crippen LogP contribution < -0.4 is 20.3 Å². The van der Waals surface area contributed by atoms with Crippen molar-refractivity contribution in [3.05, 3.63) is 69.5 Å². The quantitative estimate of drug-likeness (QED) is 0.609. The van der Waals surface area contributed by atoms with Gasteiger partial charge in [-0.25, -0.2) is 4.68 Å². The molecule has 7 nitrogen and oxygen atoms in total. The summed E-state index contributed by atoms with van der Waals surface area (Å²) in [7, 11) is 0. The van der Waals surface area contributed by atoms with Crippen molar-refractivity contribution in [3.63, 3.8) is 0 Å². The maximum absolute atomic E-state index is 13.5. The number of benzene rings is 2. The molecule has 34 heavy (non-hydrogen) atoms. The highest BCUT2D eigenvalue weighted by atomic mass is 16.6. The van der Waals surface area contributed by atoms with E-state index in [0.717, 1.165) is 53.6 Å². The number of amides is 1. The molecule has 0 saturated heterocycles. The van der Waals surface area contributed by atoms with Crippen molar-refractivity contribution in [1.29, 1.82) is 0 Å². The third-order valence-electron chi connectivity index (χ3n) is 6.55. The first-order valence-electron chi connectivity index (χ1n) is 12.0. The average molecular weight is 460 g/mol. The molecule has 2 aliphatic rings. The summed E-state index contributed by atoms with van der Waals surface area (Å²) < 4.78 is 12.6. The molecule has 1 aliphatic heterocycles. The maximum Gasteiger partial charge on any atom is 0.271 e. The van der Waals surface area contributed by atoms with Crippen molar-refractivity contribution in [1.82, 2.24) is 9.78 Å². The lowest BCUT2D eigenvalue weighted by molar-refractivity contribution is -0.119. The lowest BCUT2D eigenvalue weighted by Gasteiger charge is -2.24. The zero-order chi connectivity index (χ0) is 23.7. The summed E-state index contributed by atoms with van der Waals surface area (Å²) in [5, 5.41) is 7.73. The second-order valence-electron chi connectivity index (χ2n) is 8.90. The number of aromatic nitrogens is 2. The molecule has 1 atom stereocenters. The summed E-state index contributed by atoms with van der Waals surface area (Å²) in [6.07, 6.45) is 4.01. The molecule has 0 unspecified atom stereocenters. The predicted octanol–water partition coefficient (Wildman–Crippen LogP) is 4.46. The zero-order valence-corrected chi connectivity index (χ0v) is 19.6. The Balaban J connectivity index is 1.52. The van der Waals surface area contributed by atoms with Crippen LogP contribution in [-0.4, -0.2) is 28.9 Å². The van der Waals surface area contributed by atoms with Gasteiger partial charge >= 0.3 is 0 Å². The number of carbonyl (C=O) groups is 1. The number of nitrogens with zero attached hydrogens (tertiary/aromatic N) is 2. The van der Waals surface area contributed by atoms with Gasteiger partial charge in [0.05, 0.1) is 5.69 Å². The number of ether oxygens (including phenoxy) is 2. The Hall–Kier alpha value is -3.61. The molecule has 1 aromatic heterocycles. The van der Waals surface area contributed by atoms with Gasteiger partial charge in [0.15, 0.2) is 11.5 Å². The summed E-state index contributed by atoms with van der Waals surface area (Å²) in [5.74, 6) is 0.980. The Labute approximate surface area is 198 Å². The van der Waals surface area contributed by atoms with Gasteiger partial charge in [-0.2, -0.15) is 5.10 Å². The van der Waals surface area contributed by atoms with Gasteiger partial charge in [-0.1, -0.05) is 36.8 Å². The van der Waals surface area contributed by atoms with Gasteiger partial charge in [-0.15, -0.1) is 0 Å². The number of hydrogen-bond acceptors (Lipinski definition) is 5. The van der Waals surface area contributed by atoms with Gasteiger partial charge in [0.1, 0.15) is 19.3 Å². The molecule has 2 heterocycles. The van der Waals surface area contributed by atoms with Crippen molar-refractivity contribution < 1.29 is 14.3 Å². The number of fused-ring (bicyclic) bond motifs is 2. The van der Waals surface area contributed by atoms with Crippen LogP contribution >= 0.6 is 0 Å². The highest BCUT2D eigenvalue weighted by Crippen LogP contribution is 2.33. The van der Waals surface area contributed by atoms with E-state index in [4.69, 9.17) is 14.6 Å². The Morgan fingerprint density at radius 2 is 1.74 bits per heavy atom. The van der Waals surface area contributed by atoms with Gasteiger partial charge in [0, 0.05) is 22.9 Å². The highest BCUT2D eigenvalue weighted by Gasteiger charge is 2.27. The van der Waals surface area contributed by atoms with Crippen LogP contribution in [0.1, 0.15) is 48.9 Å². The van der Waals surface area contributed by atoms with E-state index in [-0.39, 0.29) is 11.5 Å². The third kappa shape index (κ3) is 4.18. The molecule has 1 N–H and O–H groups in total. The van der Waals surface area contributed by atoms with Crippen LogP contribution in [0.2, 0.25) is 0 Å². The van der Waals surface area contributed by atoms with Crippen LogP contribution in [0.25, 0.3) is 11.3 Å². The number of aryl methyl sites for hydroxylation is 1. The Bertz CT molecular complexity index is 1280. The number of hydrogen-bond donors (Lipinski definition) is 1. The summed E-state index contributed by atoms with van der Waals surface area (Å²) in [5.41, 5.74) is 5.20. The topological polar surface area (TPSA) is 82.4 Å². The van der Waals surface area contributed by atoms with Crippen molar-refractivity contribution in [2.45, 2.75) is 52.0 Å². The molecular formula is C27H29N3O4. The first-order valence-corrected chi connectivity index (χ1v) is 12.0. The Kier molecular flexibility index (Phi) is 6.09. The monoisotopic (exact) mass is 459 g/mol. The minimum Gasteiger partial charge on any atom is -0.486 e. The van der Waals surface area contributed by atoms with Gasteiger partial charge in [-0.05, 0) is 56.7 Å². The number of nitrogens with one attached hydrogen (secondary N) is 1. The molecule has 176 valence electrons. The summed E-state index contributed by atoms with van der Waals surface area (Å²) >= 11 is 0. The molecule has 1 amide bonds. The standard InChI is InChI=1S/C27H29N3O4/c1-3-22(26(31)28-19-12-13-23-24(16-19)34-15-14-33-23)30-27(32)21-7-5-4-6-20(21)25(29-30)18-10-8-17(2)9-11-18/h8-13,16,22H,3-7,14-15H2,1-2H3,(H,28,31)/t22-/m0/s1. The van der Waals surface area contributed by atoms with E-state index < -0.39 is 6.04 Å². The van der Waals surface area contributed by atoms with E-state index in [1.54, 1.807) is 18.2 Å². The molecule has 5 rings (SSSR count). The van der Waals surface area contributed by atoms with Gasteiger partial charge < -0.3 is 14.8 Å². The van der Waals surface area contributed by atoms with Crippen LogP contribution in [0.4, 0.5) is 5.69 Å². The van der Waals surface area contributed by atoms with Crippen molar-refractivity contribution >= 4 is 11.6 Å². The minimum atomic E-state index is -0.725.